The van der Waals surface area contributed by atoms with Gasteiger partial charge in [-0.05, 0) is 49.4 Å². The molecule has 0 bridgehead atoms. The van der Waals surface area contributed by atoms with Crippen LogP contribution in [0.3, 0.4) is 0 Å². The fourth-order valence-electron chi connectivity index (χ4n) is 2.16. The summed E-state index contributed by atoms with van der Waals surface area (Å²) in [6.45, 7) is 1.91. The smallest absolute Gasteiger partial charge is 0.0543 e. The number of rotatable bonds is 4. The highest BCUT2D eigenvalue weighted by Crippen LogP contribution is 2.24. The van der Waals surface area contributed by atoms with Gasteiger partial charge in [0, 0.05) is 18.9 Å². The standard InChI is InChI=1S/C12H18N2O/c15-12-2-1-11(7-12)9-14-8-10-3-5-13-6-4-10/h3-6,11-12,14-15H,1-2,7-9H2. The Labute approximate surface area is 90.5 Å². The summed E-state index contributed by atoms with van der Waals surface area (Å²) in [5.74, 6) is 0.654. The largest absolute Gasteiger partial charge is 0.393 e. The van der Waals surface area contributed by atoms with E-state index >= 15 is 0 Å². The molecule has 2 N–H and O–H groups in total. The molecule has 1 aromatic heterocycles. The zero-order valence-electron chi connectivity index (χ0n) is 8.89. The zero-order chi connectivity index (χ0) is 10.5. The van der Waals surface area contributed by atoms with Crippen LogP contribution in [0.25, 0.3) is 0 Å². The van der Waals surface area contributed by atoms with Crippen LogP contribution >= 0.6 is 0 Å². The lowest BCUT2D eigenvalue weighted by Crippen LogP contribution is -2.21. The van der Waals surface area contributed by atoms with Crippen LogP contribution in [0.5, 0.6) is 0 Å². The Morgan fingerprint density at radius 3 is 2.80 bits per heavy atom. The molecule has 0 saturated heterocycles. The molecule has 1 heterocycles. The first-order valence-electron chi connectivity index (χ1n) is 5.62. The fourth-order valence-corrected chi connectivity index (χ4v) is 2.16. The zero-order valence-corrected chi connectivity index (χ0v) is 8.89. The Morgan fingerprint density at radius 1 is 1.33 bits per heavy atom. The van der Waals surface area contributed by atoms with E-state index in [0.29, 0.717) is 5.92 Å². The van der Waals surface area contributed by atoms with Crippen molar-refractivity contribution >= 4 is 0 Å². The summed E-state index contributed by atoms with van der Waals surface area (Å²) >= 11 is 0. The van der Waals surface area contributed by atoms with E-state index < -0.39 is 0 Å². The van der Waals surface area contributed by atoms with E-state index in [0.717, 1.165) is 32.4 Å². The second kappa shape index (κ2) is 5.24. The number of aliphatic hydroxyl groups excluding tert-OH is 1. The first-order valence-corrected chi connectivity index (χ1v) is 5.62. The van der Waals surface area contributed by atoms with Crippen molar-refractivity contribution in [2.75, 3.05) is 6.54 Å². The van der Waals surface area contributed by atoms with Gasteiger partial charge < -0.3 is 10.4 Å². The van der Waals surface area contributed by atoms with Crippen molar-refractivity contribution in [3.05, 3.63) is 30.1 Å². The molecule has 1 saturated carbocycles. The van der Waals surface area contributed by atoms with Crippen LogP contribution in [-0.4, -0.2) is 22.7 Å². The van der Waals surface area contributed by atoms with E-state index in [1.807, 2.05) is 24.5 Å². The molecule has 0 aromatic carbocycles. The third kappa shape index (κ3) is 3.29. The van der Waals surface area contributed by atoms with Crippen molar-refractivity contribution in [2.24, 2.45) is 5.92 Å². The average Bonchev–Trinajstić information content (AvgIpc) is 2.66. The molecule has 1 fully saturated rings. The number of hydrogen-bond acceptors (Lipinski definition) is 3. The summed E-state index contributed by atoms with van der Waals surface area (Å²) in [6.07, 6.45) is 6.67. The SMILES string of the molecule is OC1CCC(CNCc2ccncc2)C1. The Kier molecular flexibility index (Phi) is 3.69. The lowest BCUT2D eigenvalue weighted by molar-refractivity contribution is 0.177. The third-order valence-electron chi connectivity index (χ3n) is 3.03. The van der Waals surface area contributed by atoms with Gasteiger partial charge in [0.1, 0.15) is 0 Å². The summed E-state index contributed by atoms with van der Waals surface area (Å²) in [6, 6.07) is 4.05. The fraction of sp³-hybridized carbons (Fsp3) is 0.583. The van der Waals surface area contributed by atoms with Gasteiger partial charge in [0.25, 0.3) is 0 Å². The molecule has 3 nitrogen and oxygen atoms in total. The molecular weight excluding hydrogens is 188 g/mol. The normalized spacial score (nSPS) is 25.7. The maximum Gasteiger partial charge on any atom is 0.0543 e. The molecule has 2 unspecified atom stereocenters. The van der Waals surface area contributed by atoms with Crippen molar-refractivity contribution in [3.63, 3.8) is 0 Å². The van der Waals surface area contributed by atoms with E-state index in [4.69, 9.17) is 0 Å². The van der Waals surface area contributed by atoms with Crippen LogP contribution in [0.4, 0.5) is 0 Å². The van der Waals surface area contributed by atoms with Crippen LogP contribution in [0.2, 0.25) is 0 Å². The van der Waals surface area contributed by atoms with Crippen LogP contribution in [-0.2, 0) is 6.54 Å². The van der Waals surface area contributed by atoms with Crippen molar-refractivity contribution in [1.29, 1.82) is 0 Å². The van der Waals surface area contributed by atoms with Gasteiger partial charge in [-0.3, -0.25) is 4.98 Å². The third-order valence-corrected chi connectivity index (χ3v) is 3.03. The monoisotopic (exact) mass is 206 g/mol. The summed E-state index contributed by atoms with van der Waals surface area (Å²) in [7, 11) is 0. The van der Waals surface area contributed by atoms with Crippen LogP contribution in [0.15, 0.2) is 24.5 Å². The van der Waals surface area contributed by atoms with Crippen molar-refractivity contribution in [3.8, 4) is 0 Å². The molecule has 2 atom stereocenters. The van der Waals surface area contributed by atoms with E-state index in [1.54, 1.807) is 0 Å². The average molecular weight is 206 g/mol. The molecule has 0 spiro atoms. The van der Waals surface area contributed by atoms with Crippen LogP contribution in [0.1, 0.15) is 24.8 Å². The Morgan fingerprint density at radius 2 is 2.13 bits per heavy atom. The topological polar surface area (TPSA) is 45.1 Å². The second-order valence-corrected chi connectivity index (χ2v) is 4.32. The predicted molar refractivity (Wildman–Crippen MR) is 59.3 cm³/mol. The van der Waals surface area contributed by atoms with E-state index in [-0.39, 0.29) is 6.10 Å². The molecule has 2 rings (SSSR count). The molecule has 0 aliphatic heterocycles. The van der Waals surface area contributed by atoms with Crippen LogP contribution in [0, 0.1) is 5.92 Å². The summed E-state index contributed by atoms with van der Waals surface area (Å²) in [4.78, 5) is 3.98. The number of aliphatic hydroxyl groups is 1. The molecule has 82 valence electrons. The van der Waals surface area contributed by atoms with Gasteiger partial charge in [0.05, 0.1) is 6.10 Å². The van der Waals surface area contributed by atoms with Gasteiger partial charge >= 0.3 is 0 Å². The number of pyridine rings is 1. The molecule has 15 heavy (non-hydrogen) atoms. The van der Waals surface area contributed by atoms with Gasteiger partial charge in [-0.2, -0.15) is 0 Å². The lowest BCUT2D eigenvalue weighted by atomic mass is 10.1. The molecule has 1 aliphatic rings. The summed E-state index contributed by atoms with van der Waals surface area (Å²) < 4.78 is 0. The van der Waals surface area contributed by atoms with Gasteiger partial charge in [-0.1, -0.05) is 0 Å². The highest BCUT2D eigenvalue weighted by atomic mass is 16.3. The maximum atomic E-state index is 9.38. The van der Waals surface area contributed by atoms with Gasteiger partial charge in [0.2, 0.25) is 0 Å². The molecule has 0 amide bonds. The first-order chi connectivity index (χ1) is 7.34. The molecule has 3 heteroatoms. The highest BCUT2D eigenvalue weighted by molar-refractivity contribution is 5.08. The Hall–Kier alpha value is -0.930. The predicted octanol–water partition coefficient (Wildman–Crippen LogP) is 1.33. The molecular formula is C12H18N2O. The lowest BCUT2D eigenvalue weighted by Gasteiger charge is -2.10. The first kappa shape index (κ1) is 10.6. The number of nitrogens with one attached hydrogen (secondary N) is 1. The van der Waals surface area contributed by atoms with E-state index in [1.165, 1.54) is 5.56 Å². The minimum absolute atomic E-state index is 0.0577. The van der Waals surface area contributed by atoms with E-state index in [2.05, 4.69) is 10.3 Å². The van der Waals surface area contributed by atoms with Crippen molar-refractivity contribution in [1.82, 2.24) is 10.3 Å². The number of aromatic nitrogens is 1. The molecule has 1 aliphatic carbocycles. The molecule has 1 aromatic rings. The van der Waals surface area contributed by atoms with Gasteiger partial charge in [-0.15, -0.1) is 0 Å². The van der Waals surface area contributed by atoms with Crippen LogP contribution < -0.4 is 5.32 Å². The minimum atomic E-state index is -0.0577. The summed E-state index contributed by atoms with van der Waals surface area (Å²) in [5, 5.41) is 12.8. The highest BCUT2D eigenvalue weighted by Gasteiger charge is 2.21. The number of nitrogens with zero attached hydrogens (tertiary/aromatic N) is 1. The molecule has 0 radical (unpaired) electrons. The van der Waals surface area contributed by atoms with E-state index in [9.17, 15) is 5.11 Å². The summed E-state index contributed by atoms with van der Waals surface area (Å²) in [5.41, 5.74) is 1.27. The van der Waals surface area contributed by atoms with Crippen molar-refractivity contribution < 1.29 is 5.11 Å². The quantitative estimate of drug-likeness (QED) is 0.781. The second-order valence-electron chi connectivity index (χ2n) is 4.32. The number of hydrogen-bond donors (Lipinski definition) is 2. The Balaban J connectivity index is 1.67. The van der Waals surface area contributed by atoms with Crippen molar-refractivity contribution in [2.45, 2.75) is 31.9 Å². The maximum absolute atomic E-state index is 9.38. The van der Waals surface area contributed by atoms with Gasteiger partial charge in [0.15, 0.2) is 0 Å². The Bertz CT molecular complexity index is 289. The minimum Gasteiger partial charge on any atom is -0.393 e. The van der Waals surface area contributed by atoms with Gasteiger partial charge in [-0.25, -0.2) is 0 Å².